The molecule has 4 heteroatoms. The van der Waals surface area contributed by atoms with E-state index in [4.69, 9.17) is 28.5 Å². The molecule has 0 atom stereocenters. The van der Waals surface area contributed by atoms with Gasteiger partial charge in [-0.05, 0) is 12.1 Å². The predicted molar refractivity (Wildman–Crippen MR) is 42.6 cm³/mol. The van der Waals surface area contributed by atoms with E-state index in [1.54, 1.807) is 6.07 Å². The van der Waals surface area contributed by atoms with Crippen LogP contribution < -0.4 is 4.84 Å². The summed E-state index contributed by atoms with van der Waals surface area (Å²) in [6.45, 7) is 0. The van der Waals surface area contributed by atoms with Crippen LogP contribution in [0.3, 0.4) is 0 Å². The molecule has 0 unspecified atom stereocenters. The van der Waals surface area contributed by atoms with Gasteiger partial charge in [0.2, 0.25) is 0 Å². The summed E-state index contributed by atoms with van der Waals surface area (Å²) in [5.74, 6) is 0.126. The Morgan fingerprint density at radius 2 is 2.10 bits per heavy atom. The van der Waals surface area contributed by atoms with Crippen molar-refractivity contribution in [1.82, 2.24) is 0 Å². The van der Waals surface area contributed by atoms with Gasteiger partial charge in [-0.1, -0.05) is 11.6 Å². The fourth-order valence-electron chi connectivity index (χ4n) is 0.581. The summed E-state index contributed by atoms with van der Waals surface area (Å²) < 4.78 is 0. The number of phenols is 1. The van der Waals surface area contributed by atoms with Crippen LogP contribution in [0.2, 0.25) is 5.02 Å². The number of phenolic OH excluding ortho intramolecular Hbond substituents is 1. The molecule has 2 nitrogen and oxygen atoms in total. The van der Waals surface area contributed by atoms with Crippen LogP contribution in [0.15, 0.2) is 18.2 Å². The van der Waals surface area contributed by atoms with E-state index in [9.17, 15) is 0 Å². The van der Waals surface area contributed by atoms with E-state index in [-0.39, 0.29) is 5.75 Å². The number of halogens is 2. The molecule has 0 aliphatic heterocycles. The highest BCUT2D eigenvalue weighted by Crippen LogP contribution is 2.25. The molecule has 0 aliphatic carbocycles. The summed E-state index contributed by atoms with van der Waals surface area (Å²) in [6.07, 6.45) is 0. The van der Waals surface area contributed by atoms with Crippen molar-refractivity contribution in [1.29, 1.82) is 0 Å². The predicted octanol–water partition coefficient (Wildman–Crippen LogP) is 2.61. The zero-order valence-electron chi connectivity index (χ0n) is 4.94. The molecule has 0 saturated heterocycles. The largest absolute Gasteiger partial charge is 0.508 e. The second-order valence-electron chi connectivity index (χ2n) is 1.76. The molecule has 0 radical (unpaired) electrons. The maximum atomic E-state index is 8.88. The van der Waals surface area contributed by atoms with Gasteiger partial charge in [-0.2, -0.15) is 0 Å². The Hall–Kier alpha value is -0.600. The van der Waals surface area contributed by atoms with Crippen LogP contribution >= 0.6 is 23.4 Å². The second-order valence-corrected chi connectivity index (χ2v) is 2.35. The molecule has 10 heavy (non-hydrogen) atoms. The summed E-state index contributed by atoms with van der Waals surface area (Å²) in [4.78, 5) is 2.35. The lowest BCUT2D eigenvalue weighted by Gasteiger charge is -1.99. The Balaban J connectivity index is 3.07. The molecule has 1 rings (SSSR count). The number of rotatable bonds is 1. The topological polar surface area (TPSA) is 32.3 Å². The maximum absolute atomic E-state index is 8.88. The van der Waals surface area contributed by atoms with Gasteiger partial charge in [-0.3, -0.25) is 4.84 Å². The van der Waals surface area contributed by atoms with Crippen molar-refractivity contribution in [2.45, 2.75) is 0 Å². The third-order valence-corrected chi connectivity index (χ3v) is 1.57. The number of benzene rings is 1. The van der Waals surface area contributed by atoms with Crippen molar-refractivity contribution in [2.75, 3.05) is 4.84 Å². The number of hydrogen-bond donors (Lipinski definition) is 2. The van der Waals surface area contributed by atoms with Gasteiger partial charge in [-0.15, -0.1) is 0 Å². The molecule has 0 aliphatic rings. The van der Waals surface area contributed by atoms with E-state index in [0.29, 0.717) is 10.7 Å². The molecule has 1 aromatic rings. The first kappa shape index (κ1) is 7.51. The molecule has 2 N–H and O–H groups in total. The van der Waals surface area contributed by atoms with E-state index in [2.05, 4.69) is 4.84 Å². The molecule has 0 aromatic heterocycles. The molecule has 0 fully saturated rings. The van der Waals surface area contributed by atoms with Gasteiger partial charge >= 0.3 is 0 Å². The van der Waals surface area contributed by atoms with Gasteiger partial charge < -0.3 is 5.11 Å². The second kappa shape index (κ2) is 2.99. The average Bonchev–Trinajstić information content (AvgIpc) is 1.88. The summed E-state index contributed by atoms with van der Waals surface area (Å²) in [7, 11) is 0. The highest BCUT2D eigenvalue weighted by atomic mass is 35.5. The Bertz CT molecular complexity index is 239. The summed E-state index contributed by atoms with van der Waals surface area (Å²) >= 11 is 10.9. The summed E-state index contributed by atoms with van der Waals surface area (Å²) in [5, 5.41) is 9.28. The molecule has 0 bridgehead atoms. The van der Waals surface area contributed by atoms with Crippen molar-refractivity contribution in [3.63, 3.8) is 0 Å². The van der Waals surface area contributed by atoms with Crippen LogP contribution in [0.4, 0.5) is 5.69 Å². The van der Waals surface area contributed by atoms with E-state index in [1.807, 2.05) is 0 Å². The van der Waals surface area contributed by atoms with Crippen LogP contribution in [-0.4, -0.2) is 5.11 Å². The monoisotopic (exact) mass is 177 g/mol. The van der Waals surface area contributed by atoms with Gasteiger partial charge in [0.15, 0.2) is 0 Å². The highest BCUT2D eigenvalue weighted by Gasteiger charge is 1.97. The van der Waals surface area contributed by atoms with Crippen LogP contribution in [0, 0.1) is 0 Å². The lowest BCUT2D eigenvalue weighted by molar-refractivity contribution is 0.475. The SMILES string of the molecule is Oc1ccc(NCl)c(Cl)c1. The van der Waals surface area contributed by atoms with Gasteiger partial charge in [0.05, 0.1) is 10.7 Å². The van der Waals surface area contributed by atoms with Crippen molar-refractivity contribution < 1.29 is 5.11 Å². The minimum atomic E-state index is 0.126. The normalized spacial score (nSPS) is 9.40. The average molecular weight is 178 g/mol. The van der Waals surface area contributed by atoms with Crippen molar-refractivity contribution >= 4 is 29.1 Å². The lowest BCUT2D eigenvalue weighted by Crippen LogP contribution is -1.79. The fraction of sp³-hybridized carbons (Fsp3) is 0. The van der Waals surface area contributed by atoms with Gasteiger partial charge in [0, 0.05) is 17.8 Å². The molecule has 0 saturated carbocycles. The first-order valence-electron chi connectivity index (χ1n) is 2.59. The summed E-state index contributed by atoms with van der Waals surface area (Å²) in [6, 6.07) is 4.49. The first-order chi connectivity index (χ1) is 4.74. The van der Waals surface area contributed by atoms with Crippen molar-refractivity contribution in [2.24, 2.45) is 0 Å². The zero-order chi connectivity index (χ0) is 7.56. The molecular formula is C6H5Cl2NO. The molecule has 0 spiro atoms. The zero-order valence-corrected chi connectivity index (χ0v) is 6.45. The quantitative estimate of drug-likeness (QED) is 0.511. The first-order valence-corrected chi connectivity index (χ1v) is 3.35. The number of nitrogens with one attached hydrogen (secondary N) is 1. The molecule has 1 aromatic carbocycles. The van der Waals surface area contributed by atoms with Crippen molar-refractivity contribution in [3.05, 3.63) is 23.2 Å². The van der Waals surface area contributed by atoms with Gasteiger partial charge in [-0.25, -0.2) is 0 Å². The van der Waals surface area contributed by atoms with E-state index in [1.165, 1.54) is 12.1 Å². The van der Waals surface area contributed by atoms with Crippen molar-refractivity contribution in [3.8, 4) is 5.75 Å². The van der Waals surface area contributed by atoms with Crippen LogP contribution in [0.5, 0.6) is 5.75 Å². The Labute approximate surface area is 68.5 Å². The number of hydrogen-bond acceptors (Lipinski definition) is 2. The van der Waals surface area contributed by atoms with E-state index in [0.717, 1.165) is 0 Å². The Morgan fingerprint density at radius 1 is 1.40 bits per heavy atom. The third kappa shape index (κ3) is 1.46. The smallest absolute Gasteiger partial charge is 0.117 e. The maximum Gasteiger partial charge on any atom is 0.117 e. The minimum Gasteiger partial charge on any atom is -0.508 e. The molecule has 0 amide bonds. The Kier molecular flexibility index (Phi) is 2.25. The highest BCUT2D eigenvalue weighted by molar-refractivity contribution is 6.35. The minimum absolute atomic E-state index is 0.126. The van der Waals surface area contributed by atoms with Crippen LogP contribution in [0.1, 0.15) is 0 Å². The molecule has 54 valence electrons. The molecular weight excluding hydrogens is 173 g/mol. The van der Waals surface area contributed by atoms with Crippen LogP contribution in [-0.2, 0) is 0 Å². The van der Waals surface area contributed by atoms with E-state index < -0.39 is 0 Å². The van der Waals surface area contributed by atoms with Gasteiger partial charge in [0.1, 0.15) is 5.75 Å². The van der Waals surface area contributed by atoms with E-state index >= 15 is 0 Å². The van der Waals surface area contributed by atoms with Crippen LogP contribution in [0.25, 0.3) is 0 Å². The fourth-order valence-corrected chi connectivity index (χ4v) is 1.02. The summed E-state index contributed by atoms with van der Waals surface area (Å²) in [5.41, 5.74) is 0.584. The number of anilines is 1. The molecule has 0 heterocycles. The Morgan fingerprint density at radius 3 is 2.60 bits per heavy atom. The third-order valence-electron chi connectivity index (χ3n) is 1.05. The standard InChI is InChI=1S/C6H5Cl2NO/c7-5-3-4(10)1-2-6(5)9-8/h1-3,9-10H. The number of aromatic hydroxyl groups is 1. The van der Waals surface area contributed by atoms with Gasteiger partial charge in [0.25, 0.3) is 0 Å². The lowest BCUT2D eigenvalue weighted by atomic mass is 10.3.